The zero-order chi connectivity index (χ0) is 22.8. The Hall–Kier alpha value is -2.07. The molecule has 7 nitrogen and oxygen atoms in total. The minimum atomic E-state index is -1.54. The first-order chi connectivity index (χ1) is 15.4. The fourth-order valence-corrected chi connectivity index (χ4v) is 4.39. The van der Waals surface area contributed by atoms with Gasteiger partial charge < -0.3 is 35.0 Å². The maximum absolute atomic E-state index is 14.9. The quantitative estimate of drug-likeness (QED) is 0.537. The van der Waals surface area contributed by atoms with Crippen LogP contribution in [0.15, 0.2) is 42.5 Å². The van der Waals surface area contributed by atoms with Crippen molar-refractivity contribution in [1.82, 2.24) is 4.90 Å². The number of aliphatic hydroxyl groups excluding tert-OH is 4. The predicted octanol–water partition coefficient (Wildman–Crippen LogP) is 0.683. The van der Waals surface area contributed by atoms with Crippen LogP contribution in [0.4, 0.5) is 10.1 Å². The zero-order valence-corrected chi connectivity index (χ0v) is 18.1. The Labute approximate surface area is 187 Å². The van der Waals surface area contributed by atoms with Gasteiger partial charge in [0.2, 0.25) is 0 Å². The van der Waals surface area contributed by atoms with Gasteiger partial charge in [0.25, 0.3) is 0 Å². The summed E-state index contributed by atoms with van der Waals surface area (Å²) in [5.41, 5.74) is 3.09. The molecule has 0 radical (unpaired) electrons. The first-order valence-electron chi connectivity index (χ1n) is 11.0. The zero-order valence-electron chi connectivity index (χ0n) is 18.1. The number of rotatable bonds is 5. The van der Waals surface area contributed by atoms with E-state index in [0.29, 0.717) is 6.42 Å². The Balaban J connectivity index is 1.44. The van der Waals surface area contributed by atoms with Gasteiger partial charge in [-0.15, -0.1) is 0 Å². The van der Waals surface area contributed by atoms with E-state index in [9.17, 15) is 24.8 Å². The Morgan fingerprint density at radius 1 is 0.906 bits per heavy atom. The monoisotopic (exact) mass is 446 g/mol. The Morgan fingerprint density at radius 2 is 1.56 bits per heavy atom. The predicted molar refractivity (Wildman–Crippen MR) is 118 cm³/mol. The third-order valence-electron chi connectivity index (χ3n) is 6.48. The van der Waals surface area contributed by atoms with Crippen molar-refractivity contribution in [3.8, 4) is 0 Å². The molecule has 0 amide bonds. The first kappa shape index (κ1) is 23.1. The van der Waals surface area contributed by atoms with Crippen LogP contribution in [-0.2, 0) is 11.2 Å². The number of piperazine rings is 1. The van der Waals surface area contributed by atoms with Crippen LogP contribution in [0, 0.1) is 5.82 Å². The Kier molecular flexibility index (Phi) is 7.09. The number of aliphatic hydroxyl groups is 4. The number of nitrogens with zero attached hydrogens (tertiary/aromatic N) is 2. The summed E-state index contributed by atoms with van der Waals surface area (Å²) < 4.78 is 20.4. The molecule has 0 aromatic heterocycles. The molecule has 8 heteroatoms. The van der Waals surface area contributed by atoms with Crippen molar-refractivity contribution in [3.63, 3.8) is 0 Å². The van der Waals surface area contributed by atoms with E-state index in [0.717, 1.165) is 37.3 Å². The fourth-order valence-electron chi connectivity index (χ4n) is 4.39. The van der Waals surface area contributed by atoms with E-state index in [1.54, 1.807) is 6.07 Å². The molecule has 2 aliphatic heterocycles. The van der Waals surface area contributed by atoms with E-state index < -0.39 is 42.9 Å². The maximum atomic E-state index is 14.9. The van der Waals surface area contributed by atoms with Crippen molar-refractivity contribution in [2.75, 3.05) is 44.7 Å². The number of hydrogen-bond donors (Lipinski definition) is 4. The topological polar surface area (TPSA) is 96.6 Å². The van der Waals surface area contributed by atoms with Gasteiger partial charge >= 0.3 is 0 Å². The van der Waals surface area contributed by atoms with Gasteiger partial charge in [0.1, 0.15) is 36.3 Å². The van der Waals surface area contributed by atoms with Gasteiger partial charge in [0.15, 0.2) is 0 Å². The SMILES string of the molecule is CN1CCN(c2ccc(Cc3ccc(C4OC(CO)C(O)C(O)C4O)c(F)c3)cc2)CC1. The molecular weight excluding hydrogens is 415 g/mol. The van der Waals surface area contributed by atoms with Crippen molar-refractivity contribution < 1.29 is 29.6 Å². The normalized spacial score (nSPS) is 29.3. The van der Waals surface area contributed by atoms with Gasteiger partial charge in [-0.3, -0.25) is 0 Å². The van der Waals surface area contributed by atoms with Gasteiger partial charge in [0, 0.05) is 37.4 Å². The second-order valence-electron chi connectivity index (χ2n) is 8.74. The van der Waals surface area contributed by atoms with Crippen molar-refractivity contribution >= 4 is 5.69 Å². The van der Waals surface area contributed by atoms with Crippen molar-refractivity contribution in [2.45, 2.75) is 36.9 Å². The van der Waals surface area contributed by atoms with Crippen LogP contribution < -0.4 is 4.90 Å². The lowest BCUT2D eigenvalue weighted by molar-refractivity contribution is -0.232. The summed E-state index contributed by atoms with van der Waals surface area (Å²) in [6, 6.07) is 13.0. The van der Waals surface area contributed by atoms with Crippen molar-refractivity contribution in [1.29, 1.82) is 0 Å². The standard InChI is InChI=1S/C24H31FN2O5/c1-26-8-10-27(11-9-26)17-5-2-15(3-6-17)12-16-4-7-18(19(25)13-16)24-23(31)22(30)21(29)20(14-28)32-24/h2-7,13,20-24,28-31H,8-12,14H2,1H3. The van der Waals surface area contributed by atoms with E-state index in [-0.39, 0.29) is 5.56 Å². The maximum Gasteiger partial charge on any atom is 0.129 e. The fraction of sp³-hybridized carbons (Fsp3) is 0.500. The molecule has 32 heavy (non-hydrogen) atoms. The molecule has 2 aliphatic rings. The molecule has 4 N–H and O–H groups in total. The van der Waals surface area contributed by atoms with Gasteiger partial charge in [-0.25, -0.2) is 4.39 Å². The molecule has 2 aromatic carbocycles. The Bertz CT molecular complexity index is 902. The molecule has 5 unspecified atom stereocenters. The second kappa shape index (κ2) is 9.82. The summed E-state index contributed by atoms with van der Waals surface area (Å²) in [5.74, 6) is -0.569. The lowest BCUT2D eigenvalue weighted by atomic mass is 9.90. The number of hydrogen-bond acceptors (Lipinski definition) is 7. The van der Waals surface area contributed by atoms with Gasteiger partial charge in [-0.2, -0.15) is 0 Å². The highest BCUT2D eigenvalue weighted by molar-refractivity contribution is 5.48. The lowest BCUT2D eigenvalue weighted by Gasteiger charge is -2.40. The summed E-state index contributed by atoms with van der Waals surface area (Å²) >= 11 is 0. The summed E-state index contributed by atoms with van der Waals surface area (Å²) in [7, 11) is 2.13. The Morgan fingerprint density at radius 3 is 2.19 bits per heavy atom. The molecule has 0 saturated carbocycles. The molecular formula is C24H31FN2O5. The van der Waals surface area contributed by atoms with Gasteiger partial charge in [-0.05, 0) is 42.8 Å². The molecule has 4 rings (SSSR count). The third kappa shape index (κ3) is 4.80. The summed E-state index contributed by atoms with van der Waals surface area (Å²) in [6.07, 6.45) is -6.21. The smallest absolute Gasteiger partial charge is 0.129 e. The molecule has 0 spiro atoms. The highest BCUT2D eigenvalue weighted by atomic mass is 19.1. The molecule has 2 heterocycles. The first-order valence-corrected chi connectivity index (χ1v) is 11.0. The van der Waals surface area contributed by atoms with E-state index in [2.05, 4.69) is 41.1 Å². The number of likely N-dealkylation sites (N-methyl/N-ethyl adjacent to an activating group) is 1. The number of halogens is 1. The molecule has 0 bridgehead atoms. The highest BCUT2D eigenvalue weighted by Gasteiger charge is 2.44. The van der Waals surface area contributed by atoms with Crippen LogP contribution in [-0.4, -0.2) is 89.6 Å². The summed E-state index contributed by atoms with van der Waals surface area (Å²) in [5, 5.41) is 39.5. The van der Waals surface area contributed by atoms with Gasteiger partial charge in [0.05, 0.1) is 6.61 Å². The van der Waals surface area contributed by atoms with Crippen molar-refractivity contribution in [2.24, 2.45) is 0 Å². The average molecular weight is 447 g/mol. The summed E-state index contributed by atoms with van der Waals surface area (Å²) in [6.45, 7) is 3.54. The van der Waals surface area contributed by atoms with Crippen LogP contribution in [0.25, 0.3) is 0 Å². The molecule has 2 fully saturated rings. The summed E-state index contributed by atoms with van der Waals surface area (Å²) in [4.78, 5) is 4.67. The minimum Gasteiger partial charge on any atom is -0.394 e. The molecule has 2 saturated heterocycles. The number of ether oxygens (including phenoxy) is 1. The average Bonchev–Trinajstić information content (AvgIpc) is 2.79. The molecule has 5 atom stereocenters. The lowest BCUT2D eigenvalue weighted by Crippen LogP contribution is -2.55. The molecule has 2 aromatic rings. The van der Waals surface area contributed by atoms with Crippen LogP contribution in [0.5, 0.6) is 0 Å². The van der Waals surface area contributed by atoms with Crippen LogP contribution in [0.3, 0.4) is 0 Å². The van der Waals surface area contributed by atoms with E-state index in [1.807, 2.05) is 0 Å². The largest absolute Gasteiger partial charge is 0.394 e. The molecule has 0 aliphatic carbocycles. The van der Waals surface area contributed by atoms with Crippen LogP contribution in [0.2, 0.25) is 0 Å². The van der Waals surface area contributed by atoms with E-state index in [4.69, 9.17) is 4.74 Å². The number of benzene rings is 2. The van der Waals surface area contributed by atoms with Crippen LogP contribution >= 0.6 is 0 Å². The van der Waals surface area contributed by atoms with Crippen LogP contribution in [0.1, 0.15) is 22.8 Å². The van der Waals surface area contributed by atoms with Crippen molar-refractivity contribution in [3.05, 3.63) is 65.0 Å². The third-order valence-corrected chi connectivity index (χ3v) is 6.48. The number of anilines is 1. The van der Waals surface area contributed by atoms with E-state index >= 15 is 0 Å². The minimum absolute atomic E-state index is 0.0797. The van der Waals surface area contributed by atoms with E-state index in [1.165, 1.54) is 17.8 Å². The molecule has 174 valence electrons. The highest BCUT2D eigenvalue weighted by Crippen LogP contribution is 2.34. The second-order valence-corrected chi connectivity index (χ2v) is 8.74. The van der Waals surface area contributed by atoms with Gasteiger partial charge in [-0.1, -0.05) is 24.3 Å².